The third-order valence-corrected chi connectivity index (χ3v) is 7.26. The molecule has 2 aromatic heterocycles. The van der Waals surface area contributed by atoms with Crippen LogP contribution in [-0.2, 0) is 20.4 Å². The molecule has 1 N–H and O–H groups in total. The summed E-state index contributed by atoms with van der Waals surface area (Å²) >= 11 is 0. The van der Waals surface area contributed by atoms with Gasteiger partial charge in [0.15, 0.2) is 0 Å². The zero-order chi connectivity index (χ0) is 20.0. The fourth-order valence-corrected chi connectivity index (χ4v) is 5.79. The van der Waals surface area contributed by atoms with Crippen LogP contribution in [-0.4, -0.2) is 34.6 Å². The first kappa shape index (κ1) is 17.4. The highest BCUT2D eigenvalue weighted by Crippen LogP contribution is 2.60. The summed E-state index contributed by atoms with van der Waals surface area (Å²) in [6.07, 6.45) is 6.45. The predicted octanol–water partition coefficient (Wildman–Crippen LogP) is 3.75. The number of anilines is 3. The Balaban J connectivity index is 1.42. The van der Waals surface area contributed by atoms with Crippen molar-refractivity contribution < 1.29 is 9.53 Å². The van der Waals surface area contributed by atoms with Gasteiger partial charge in [-0.05, 0) is 57.2 Å². The van der Waals surface area contributed by atoms with Crippen LogP contribution < -0.4 is 10.2 Å². The number of carbonyl (C=O) groups is 1. The average molecular weight is 390 g/mol. The molecule has 2 saturated carbocycles. The van der Waals surface area contributed by atoms with E-state index in [-0.39, 0.29) is 22.3 Å². The van der Waals surface area contributed by atoms with Gasteiger partial charge in [-0.1, -0.05) is 0 Å². The number of aromatic nitrogens is 2. The Kier molecular flexibility index (Phi) is 3.22. The van der Waals surface area contributed by atoms with E-state index in [1.165, 1.54) is 30.9 Å². The van der Waals surface area contributed by atoms with Crippen LogP contribution in [0.25, 0.3) is 0 Å². The predicted molar refractivity (Wildman–Crippen MR) is 111 cm³/mol. The van der Waals surface area contributed by atoms with Crippen molar-refractivity contribution in [3.63, 3.8) is 0 Å². The maximum absolute atomic E-state index is 11.5. The summed E-state index contributed by atoms with van der Waals surface area (Å²) in [5, 5.41) is 2.82. The molecule has 1 amide bonds. The number of aryl methyl sites for hydroxylation is 1. The number of pyridine rings is 2. The highest BCUT2D eigenvalue weighted by atomic mass is 16.5. The van der Waals surface area contributed by atoms with Crippen molar-refractivity contribution in [3.05, 3.63) is 41.2 Å². The molecule has 1 spiro atoms. The van der Waals surface area contributed by atoms with Crippen LogP contribution in [0.2, 0.25) is 0 Å². The van der Waals surface area contributed by atoms with E-state index in [1.54, 1.807) is 0 Å². The van der Waals surface area contributed by atoms with Crippen LogP contribution in [0.4, 0.5) is 17.3 Å². The maximum atomic E-state index is 11.5. The third kappa shape index (κ3) is 2.48. The number of rotatable bonds is 3. The van der Waals surface area contributed by atoms with Crippen LogP contribution in [0.3, 0.4) is 0 Å². The number of carbonyl (C=O) groups excluding carboxylic acids is 1. The largest absolute Gasteiger partial charge is 0.374 e. The van der Waals surface area contributed by atoms with Crippen LogP contribution in [0.15, 0.2) is 24.4 Å². The van der Waals surface area contributed by atoms with E-state index in [0.29, 0.717) is 5.82 Å². The minimum Gasteiger partial charge on any atom is -0.374 e. The number of nitrogens with zero attached hydrogens (tertiary/aromatic N) is 3. The molecule has 2 aromatic rings. The average Bonchev–Trinajstić information content (AvgIpc) is 3.08. The standard InChI is InChI=1S/C23H26N4O2/c1-14-6-18(23-10-21(3,11-23)29-13-23)26-20(7-14)27-12-22(4-5-22)16-9-24-19(8-17(16)27)25-15(2)28/h6-9H,4-5,10-13H2,1-3H3,(H,24,25,28). The van der Waals surface area contributed by atoms with Crippen LogP contribution >= 0.6 is 0 Å². The molecule has 5 heterocycles. The number of amides is 1. The van der Waals surface area contributed by atoms with Gasteiger partial charge < -0.3 is 15.0 Å². The Bertz CT molecular complexity index is 1050. The van der Waals surface area contributed by atoms with E-state index >= 15 is 0 Å². The summed E-state index contributed by atoms with van der Waals surface area (Å²) in [6, 6.07) is 6.42. The van der Waals surface area contributed by atoms with Crippen LogP contribution in [0.5, 0.6) is 0 Å². The first-order valence-corrected chi connectivity index (χ1v) is 10.5. The quantitative estimate of drug-likeness (QED) is 0.865. The number of hydrogen-bond donors (Lipinski definition) is 1. The molecular weight excluding hydrogens is 364 g/mol. The summed E-state index contributed by atoms with van der Waals surface area (Å²) in [5.41, 5.74) is 5.13. The van der Waals surface area contributed by atoms with Gasteiger partial charge in [0.25, 0.3) is 0 Å². The van der Waals surface area contributed by atoms with E-state index in [2.05, 4.69) is 41.2 Å². The van der Waals surface area contributed by atoms with Gasteiger partial charge in [-0.3, -0.25) is 4.79 Å². The van der Waals surface area contributed by atoms with Gasteiger partial charge in [0.05, 0.1) is 23.6 Å². The SMILES string of the molecule is CC(=O)Nc1cc2c(cn1)C1(CC1)CN2c1cc(C)cc(C23COC(C)(C2)C3)n1. The Morgan fingerprint density at radius 3 is 2.66 bits per heavy atom. The second-order valence-electron chi connectivity index (χ2n) is 9.89. The smallest absolute Gasteiger partial charge is 0.222 e. The van der Waals surface area contributed by atoms with E-state index in [4.69, 9.17) is 9.72 Å². The molecule has 6 nitrogen and oxygen atoms in total. The van der Waals surface area contributed by atoms with Crippen LogP contribution in [0.1, 0.15) is 56.4 Å². The van der Waals surface area contributed by atoms with Gasteiger partial charge in [0, 0.05) is 42.1 Å². The molecular formula is C23H26N4O2. The molecule has 5 aliphatic rings. The van der Waals surface area contributed by atoms with E-state index in [1.807, 2.05) is 12.3 Å². The van der Waals surface area contributed by atoms with Crippen molar-refractivity contribution in [2.75, 3.05) is 23.4 Å². The minimum absolute atomic E-state index is 0.0445. The molecule has 0 aromatic carbocycles. The molecule has 3 aliphatic heterocycles. The Morgan fingerprint density at radius 2 is 2.00 bits per heavy atom. The molecule has 7 rings (SSSR count). The number of fused-ring (bicyclic) bond motifs is 3. The number of ether oxygens (including phenoxy) is 1. The normalized spacial score (nSPS) is 30.2. The highest BCUT2D eigenvalue weighted by Gasteiger charge is 2.61. The van der Waals surface area contributed by atoms with Gasteiger partial charge in [0.1, 0.15) is 11.6 Å². The fourth-order valence-electron chi connectivity index (χ4n) is 5.79. The van der Waals surface area contributed by atoms with E-state index in [0.717, 1.165) is 43.2 Å². The lowest BCUT2D eigenvalue weighted by molar-refractivity contribution is -0.114. The van der Waals surface area contributed by atoms with Gasteiger partial charge in [-0.25, -0.2) is 9.97 Å². The second kappa shape index (κ2) is 5.36. The molecule has 2 aliphatic carbocycles. The highest BCUT2D eigenvalue weighted by molar-refractivity contribution is 5.89. The molecule has 4 fully saturated rings. The minimum atomic E-state index is -0.104. The zero-order valence-electron chi connectivity index (χ0n) is 17.2. The molecule has 6 heteroatoms. The summed E-state index contributed by atoms with van der Waals surface area (Å²) < 4.78 is 6.03. The Morgan fingerprint density at radius 1 is 1.21 bits per heavy atom. The maximum Gasteiger partial charge on any atom is 0.222 e. The zero-order valence-corrected chi connectivity index (χ0v) is 17.2. The van der Waals surface area contributed by atoms with Crippen molar-refractivity contribution in [3.8, 4) is 0 Å². The monoisotopic (exact) mass is 390 g/mol. The van der Waals surface area contributed by atoms with Gasteiger partial charge in [-0.15, -0.1) is 0 Å². The molecule has 150 valence electrons. The molecule has 2 saturated heterocycles. The lowest BCUT2D eigenvalue weighted by Gasteiger charge is -2.42. The third-order valence-electron chi connectivity index (χ3n) is 7.26. The molecule has 2 bridgehead atoms. The molecule has 29 heavy (non-hydrogen) atoms. The van der Waals surface area contributed by atoms with Gasteiger partial charge >= 0.3 is 0 Å². The first-order valence-electron chi connectivity index (χ1n) is 10.5. The van der Waals surface area contributed by atoms with Gasteiger partial charge in [0.2, 0.25) is 5.91 Å². The molecule has 0 radical (unpaired) electrons. The number of hydrogen-bond acceptors (Lipinski definition) is 5. The summed E-state index contributed by atoms with van der Waals surface area (Å²) in [5.74, 6) is 1.50. The fraction of sp³-hybridized carbons (Fsp3) is 0.522. The second-order valence-corrected chi connectivity index (χ2v) is 9.89. The first-order chi connectivity index (χ1) is 13.8. The number of nitrogens with one attached hydrogen (secondary N) is 1. The Hall–Kier alpha value is -2.47. The molecule has 0 unspecified atom stereocenters. The van der Waals surface area contributed by atoms with Crippen LogP contribution in [0, 0.1) is 6.92 Å². The summed E-state index contributed by atoms with van der Waals surface area (Å²) in [6.45, 7) is 7.58. The lowest BCUT2D eigenvalue weighted by Crippen LogP contribution is -2.45. The Labute approximate surface area is 170 Å². The van der Waals surface area contributed by atoms with E-state index in [9.17, 15) is 4.79 Å². The lowest BCUT2D eigenvalue weighted by atomic mass is 9.61. The van der Waals surface area contributed by atoms with Crippen molar-refractivity contribution >= 4 is 23.2 Å². The van der Waals surface area contributed by atoms with E-state index < -0.39 is 0 Å². The summed E-state index contributed by atoms with van der Waals surface area (Å²) in [4.78, 5) is 23.5. The van der Waals surface area contributed by atoms with Gasteiger partial charge in [-0.2, -0.15) is 0 Å². The van der Waals surface area contributed by atoms with Crippen molar-refractivity contribution in [1.29, 1.82) is 0 Å². The van der Waals surface area contributed by atoms with Crippen molar-refractivity contribution in [2.45, 2.75) is 62.9 Å². The molecule has 0 atom stereocenters. The van der Waals surface area contributed by atoms with Crippen molar-refractivity contribution in [2.24, 2.45) is 0 Å². The summed E-state index contributed by atoms with van der Waals surface area (Å²) in [7, 11) is 0. The topological polar surface area (TPSA) is 67.4 Å². The van der Waals surface area contributed by atoms with Crippen molar-refractivity contribution in [1.82, 2.24) is 9.97 Å².